The van der Waals surface area contributed by atoms with Gasteiger partial charge in [0.2, 0.25) is 5.16 Å². The number of aliphatic hydroxyl groups excluding tert-OH is 1. The van der Waals surface area contributed by atoms with E-state index in [0.29, 0.717) is 17.3 Å². The minimum absolute atomic E-state index is 0.0271. The molecule has 2 N–H and O–H groups in total. The Labute approximate surface area is 288 Å². The summed E-state index contributed by atoms with van der Waals surface area (Å²) in [7, 11) is 0. The van der Waals surface area contributed by atoms with Crippen LogP contribution < -0.4 is 5.32 Å². The number of tetrazole rings is 1. The quantitative estimate of drug-likeness (QED) is 0.124. The molecule has 0 spiro atoms. The number of nitrogens with one attached hydrogen (secondary N) is 1. The van der Waals surface area contributed by atoms with Crippen molar-refractivity contribution in [2.75, 3.05) is 5.75 Å². The SMILES string of the molecule is CC(=O)O[C@@H](C)C(=O)NCc1cccc(-c2cccc([C@H]3O[C@@H](CSc4nnnn4-c4ccccc4)C[C@@H](c4ccc(CO)cc4)O3)c2)c1. The number of carbonyl (C=O) groups excluding carboxylic acids is 2. The van der Waals surface area contributed by atoms with Crippen LogP contribution in [-0.4, -0.2) is 55.2 Å². The smallest absolute Gasteiger partial charge is 0.303 e. The van der Waals surface area contributed by atoms with Crippen LogP contribution in [0.3, 0.4) is 0 Å². The molecule has 1 aliphatic heterocycles. The number of rotatable bonds is 12. The van der Waals surface area contributed by atoms with Gasteiger partial charge >= 0.3 is 5.97 Å². The highest BCUT2D eigenvalue weighted by atomic mass is 32.2. The van der Waals surface area contributed by atoms with Crippen LogP contribution in [0.5, 0.6) is 0 Å². The third kappa shape index (κ3) is 8.78. The summed E-state index contributed by atoms with van der Waals surface area (Å²) in [6.45, 7) is 3.08. The van der Waals surface area contributed by atoms with Crippen molar-refractivity contribution in [1.29, 1.82) is 0 Å². The first kappa shape index (κ1) is 34.0. The van der Waals surface area contributed by atoms with Crippen molar-refractivity contribution >= 4 is 23.6 Å². The maximum Gasteiger partial charge on any atom is 0.303 e. The molecule has 0 aliphatic carbocycles. The minimum atomic E-state index is -0.870. The van der Waals surface area contributed by atoms with Gasteiger partial charge in [0.25, 0.3) is 5.91 Å². The molecule has 0 bridgehead atoms. The van der Waals surface area contributed by atoms with E-state index in [4.69, 9.17) is 14.2 Å². The van der Waals surface area contributed by atoms with Crippen molar-refractivity contribution in [3.05, 3.63) is 125 Å². The van der Waals surface area contributed by atoms with Crippen LogP contribution in [-0.2, 0) is 37.0 Å². The minimum Gasteiger partial charge on any atom is -0.453 e. The van der Waals surface area contributed by atoms with E-state index in [1.54, 1.807) is 11.6 Å². The zero-order chi connectivity index (χ0) is 34.2. The van der Waals surface area contributed by atoms with Gasteiger partial charge in [0.1, 0.15) is 0 Å². The van der Waals surface area contributed by atoms with Crippen LogP contribution in [0.4, 0.5) is 0 Å². The van der Waals surface area contributed by atoms with Crippen molar-refractivity contribution in [2.45, 2.75) is 63.2 Å². The van der Waals surface area contributed by atoms with Gasteiger partial charge in [-0.3, -0.25) is 9.59 Å². The lowest BCUT2D eigenvalue weighted by molar-refractivity contribution is -0.245. The van der Waals surface area contributed by atoms with Gasteiger partial charge in [-0.15, -0.1) is 5.10 Å². The molecule has 49 heavy (non-hydrogen) atoms. The highest BCUT2D eigenvalue weighted by molar-refractivity contribution is 7.99. The predicted octanol–water partition coefficient (Wildman–Crippen LogP) is 5.73. The van der Waals surface area contributed by atoms with E-state index in [1.807, 2.05) is 97.1 Å². The number of ether oxygens (including phenoxy) is 3. The van der Waals surface area contributed by atoms with Crippen LogP contribution in [0.15, 0.2) is 108 Å². The summed E-state index contributed by atoms with van der Waals surface area (Å²) >= 11 is 1.53. The third-order valence-electron chi connectivity index (χ3n) is 8.05. The maximum atomic E-state index is 12.4. The van der Waals surface area contributed by atoms with Crippen LogP contribution >= 0.6 is 11.8 Å². The van der Waals surface area contributed by atoms with Gasteiger partial charge in [0.15, 0.2) is 12.4 Å². The molecule has 0 saturated carbocycles. The van der Waals surface area contributed by atoms with E-state index in [0.717, 1.165) is 39.1 Å². The van der Waals surface area contributed by atoms with E-state index >= 15 is 0 Å². The lowest BCUT2D eigenvalue weighted by Gasteiger charge is -2.36. The van der Waals surface area contributed by atoms with Crippen molar-refractivity contribution in [1.82, 2.24) is 25.5 Å². The molecule has 11 nitrogen and oxygen atoms in total. The molecule has 1 amide bonds. The first-order chi connectivity index (χ1) is 23.9. The van der Waals surface area contributed by atoms with Crippen molar-refractivity contribution < 1.29 is 28.9 Å². The number of amides is 1. The molecule has 6 rings (SSSR count). The third-order valence-corrected chi connectivity index (χ3v) is 9.10. The van der Waals surface area contributed by atoms with Gasteiger partial charge < -0.3 is 24.6 Å². The molecule has 1 fully saturated rings. The summed E-state index contributed by atoms with van der Waals surface area (Å²) in [6.07, 6.45) is -1.31. The second kappa shape index (κ2) is 16.0. The van der Waals surface area contributed by atoms with Gasteiger partial charge in [-0.1, -0.05) is 90.6 Å². The number of benzene rings is 4. The molecule has 1 aliphatic rings. The van der Waals surface area contributed by atoms with E-state index in [1.165, 1.54) is 18.7 Å². The van der Waals surface area contributed by atoms with Gasteiger partial charge in [0, 0.05) is 31.2 Å². The summed E-state index contributed by atoms with van der Waals surface area (Å²) in [5.41, 5.74) is 6.42. The van der Waals surface area contributed by atoms with Crippen LogP contribution in [0, 0.1) is 0 Å². The number of esters is 1. The Morgan fingerprint density at radius 2 is 1.69 bits per heavy atom. The Balaban J connectivity index is 1.20. The van der Waals surface area contributed by atoms with Crippen molar-refractivity contribution in [2.24, 2.45) is 0 Å². The van der Waals surface area contributed by atoms with Gasteiger partial charge in [-0.25, -0.2) is 0 Å². The Hall–Kier alpha value is -4.88. The fourth-order valence-electron chi connectivity index (χ4n) is 5.55. The number of thioether (sulfide) groups is 1. The normalized spacial score (nSPS) is 18.1. The zero-order valence-corrected chi connectivity index (χ0v) is 28.0. The molecule has 2 heterocycles. The highest BCUT2D eigenvalue weighted by Gasteiger charge is 2.33. The average Bonchev–Trinajstić information content (AvgIpc) is 3.62. The standard InChI is InChI=1S/C37H37N5O6S/c1-24(46-25(2)44)35(45)38-21-27-8-6-9-29(18-27)30-10-7-11-31(19-30)36-47-33(20-34(48-36)28-16-14-26(22-43)15-17-28)23-49-37-39-40-41-42(37)32-12-4-3-5-13-32/h3-19,24,33-34,36,43H,20-23H2,1-2H3,(H,38,45)/t24-,33+,34-,36-/m0/s1. The average molecular weight is 680 g/mol. The Kier molecular flexibility index (Phi) is 11.1. The maximum absolute atomic E-state index is 12.4. The first-order valence-electron chi connectivity index (χ1n) is 16.0. The van der Waals surface area contributed by atoms with E-state index in [9.17, 15) is 14.7 Å². The second-order valence-electron chi connectivity index (χ2n) is 11.7. The molecule has 252 valence electrons. The molecule has 1 aromatic heterocycles. The highest BCUT2D eigenvalue weighted by Crippen LogP contribution is 2.40. The van der Waals surface area contributed by atoms with Gasteiger partial charge in [-0.2, -0.15) is 4.68 Å². The monoisotopic (exact) mass is 679 g/mol. The Morgan fingerprint density at radius 1 is 0.939 bits per heavy atom. The first-order valence-corrected chi connectivity index (χ1v) is 17.0. The number of aromatic nitrogens is 4. The summed E-state index contributed by atoms with van der Waals surface area (Å²) < 4.78 is 19.9. The van der Waals surface area contributed by atoms with Gasteiger partial charge in [0.05, 0.1) is 24.5 Å². The molecule has 0 unspecified atom stereocenters. The molecule has 4 atom stereocenters. The fraction of sp³-hybridized carbons (Fsp3) is 0.270. The van der Waals surface area contributed by atoms with Crippen LogP contribution in [0.1, 0.15) is 54.9 Å². The van der Waals surface area contributed by atoms with Crippen molar-refractivity contribution in [3.63, 3.8) is 0 Å². The number of hydrogen-bond donors (Lipinski definition) is 2. The zero-order valence-electron chi connectivity index (χ0n) is 27.1. The fourth-order valence-corrected chi connectivity index (χ4v) is 6.46. The molecular weight excluding hydrogens is 643 g/mol. The molecule has 1 saturated heterocycles. The van der Waals surface area contributed by atoms with Gasteiger partial charge in [-0.05, 0) is 69.4 Å². The number of aliphatic hydroxyl groups is 1. The Bertz CT molecular complexity index is 1870. The Morgan fingerprint density at radius 3 is 2.45 bits per heavy atom. The number of hydrogen-bond acceptors (Lipinski definition) is 10. The summed E-state index contributed by atoms with van der Waals surface area (Å²) in [6, 6.07) is 33.5. The van der Waals surface area contributed by atoms with Crippen LogP contribution in [0.25, 0.3) is 16.8 Å². The molecule has 0 radical (unpaired) electrons. The second-order valence-corrected chi connectivity index (χ2v) is 12.7. The van der Waals surface area contributed by atoms with Crippen molar-refractivity contribution in [3.8, 4) is 16.8 Å². The number of carbonyl (C=O) groups is 2. The number of para-hydroxylation sites is 1. The topological polar surface area (TPSA) is 138 Å². The summed E-state index contributed by atoms with van der Waals surface area (Å²) in [4.78, 5) is 23.6. The molecular formula is C37H37N5O6S. The summed E-state index contributed by atoms with van der Waals surface area (Å²) in [5, 5.41) is 25.4. The molecule has 4 aromatic carbocycles. The van der Waals surface area contributed by atoms with E-state index in [2.05, 4.69) is 26.9 Å². The number of nitrogens with zero attached hydrogens (tertiary/aromatic N) is 4. The molecule has 5 aromatic rings. The van der Waals surface area contributed by atoms with Crippen LogP contribution in [0.2, 0.25) is 0 Å². The molecule has 12 heteroatoms. The lowest BCUT2D eigenvalue weighted by atomic mass is 9.99. The predicted molar refractivity (Wildman–Crippen MR) is 183 cm³/mol. The van der Waals surface area contributed by atoms with E-state index in [-0.39, 0.29) is 31.3 Å². The largest absolute Gasteiger partial charge is 0.453 e. The summed E-state index contributed by atoms with van der Waals surface area (Å²) in [5.74, 6) is -0.266. The van der Waals surface area contributed by atoms with E-state index < -0.39 is 18.4 Å². The lowest BCUT2D eigenvalue weighted by Crippen LogP contribution is -2.35.